The fraction of sp³-hybridized carbons (Fsp3) is 0.500. The first kappa shape index (κ1) is 11.1. The molecule has 0 radical (unpaired) electrons. The lowest BCUT2D eigenvalue weighted by atomic mass is 9.86. The van der Waals surface area contributed by atoms with Crippen molar-refractivity contribution in [2.75, 3.05) is 13.1 Å². The van der Waals surface area contributed by atoms with Crippen molar-refractivity contribution in [3.63, 3.8) is 0 Å². The van der Waals surface area contributed by atoms with Crippen LogP contribution in [0.4, 0.5) is 5.69 Å². The number of nitrogens with zero attached hydrogens (tertiary/aromatic N) is 1. The van der Waals surface area contributed by atoms with Crippen molar-refractivity contribution in [2.24, 2.45) is 0 Å². The summed E-state index contributed by atoms with van der Waals surface area (Å²) in [5.41, 5.74) is 2.27. The van der Waals surface area contributed by atoms with Gasteiger partial charge in [0.15, 0.2) is 0 Å². The van der Waals surface area contributed by atoms with Gasteiger partial charge in [0.2, 0.25) is 0 Å². The Balaban J connectivity index is 2.40. The molecule has 1 N–H and O–H groups in total. The molecule has 0 bridgehead atoms. The topological polar surface area (TPSA) is 55.2 Å². The second-order valence-electron chi connectivity index (χ2n) is 4.29. The molecule has 0 unspecified atom stereocenters. The molecule has 16 heavy (non-hydrogen) atoms. The molecule has 0 aliphatic carbocycles. The summed E-state index contributed by atoms with van der Waals surface area (Å²) >= 11 is 0. The van der Waals surface area contributed by atoms with E-state index in [-0.39, 0.29) is 10.6 Å². The van der Waals surface area contributed by atoms with Gasteiger partial charge >= 0.3 is 0 Å². The molecule has 1 aromatic rings. The third-order valence-electron chi connectivity index (χ3n) is 3.25. The van der Waals surface area contributed by atoms with Gasteiger partial charge in [-0.1, -0.05) is 12.1 Å². The average molecular weight is 220 g/mol. The summed E-state index contributed by atoms with van der Waals surface area (Å²) in [5, 5.41) is 14.3. The molecule has 86 valence electrons. The van der Waals surface area contributed by atoms with Crippen LogP contribution in [0.5, 0.6) is 0 Å². The lowest BCUT2D eigenvalue weighted by Crippen LogP contribution is -2.27. The monoisotopic (exact) mass is 220 g/mol. The minimum atomic E-state index is -0.260. The van der Waals surface area contributed by atoms with E-state index in [0.29, 0.717) is 5.92 Å². The summed E-state index contributed by atoms with van der Waals surface area (Å²) in [6.45, 7) is 3.87. The highest BCUT2D eigenvalue weighted by atomic mass is 16.6. The number of hydrogen-bond donors (Lipinski definition) is 1. The molecule has 1 aliphatic heterocycles. The van der Waals surface area contributed by atoms with Gasteiger partial charge in [-0.3, -0.25) is 10.1 Å². The van der Waals surface area contributed by atoms with Gasteiger partial charge in [0.25, 0.3) is 5.69 Å². The van der Waals surface area contributed by atoms with Gasteiger partial charge in [-0.15, -0.1) is 0 Å². The first-order chi connectivity index (χ1) is 7.70. The SMILES string of the molecule is Cc1cccc([N+](=O)[O-])c1C1CCNCC1. The zero-order valence-corrected chi connectivity index (χ0v) is 9.40. The maximum absolute atomic E-state index is 11.0. The lowest BCUT2D eigenvalue weighted by Gasteiger charge is -2.24. The van der Waals surface area contributed by atoms with Gasteiger partial charge in [0.1, 0.15) is 0 Å². The Bertz CT molecular complexity index is 398. The summed E-state index contributed by atoms with van der Waals surface area (Å²) < 4.78 is 0. The minimum absolute atomic E-state index is 0.260. The van der Waals surface area contributed by atoms with E-state index in [4.69, 9.17) is 0 Å². The molecule has 4 heteroatoms. The van der Waals surface area contributed by atoms with Crippen LogP contribution in [-0.4, -0.2) is 18.0 Å². The van der Waals surface area contributed by atoms with Crippen molar-refractivity contribution in [2.45, 2.75) is 25.7 Å². The second kappa shape index (κ2) is 4.61. The second-order valence-corrected chi connectivity index (χ2v) is 4.29. The van der Waals surface area contributed by atoms with E-state index in [9.17, 15) is 10.1 Å². The third kappa shape index (κ3) is 2.07. The van der Waals surface area contributed by atoms with Crippen molar-refractivity contribution >= 4 is 5.69 Å². The Labute approximate surface area is 94.8 Å². The van der Waals surface area contributed by atoms with Gasteiger partial charge < -0.3 is 5.32 Å². The lowest BCUT2D eigenvalue weighted by molar-refractivity contribution is -0.385. The Morgan fingerprint density at radius 1 is 1.38 bits per heavy atom. The van der Waals surface area contributed by atoms with Crippen LogP contribution < -0.4 is 5.32 Å². The summed E-state index contributed by atoms with van der Waals surface area (Å²) in [4.78, 5) is 10.7. The number of nitrogens with one attached hydrogen (secondary N) is 1. The molecule has 1 heterocycles. The number of hydrogen-bond acceptors (Lipinski definition) is 3. The van der Waals surface area contributed by atoms with Crippen LogP contribution in [0.25, 0.3) is 0 Å². The molecule has 0 saturated carbocycles. The van der Waals surface area contributed by atoms with E-state index >= 15 is 0 Å². The fourth-order valence-corrected chi connectivity index (χ4v) is 2.47. The largest absolute Gasteiger partial charge is 0.317 e. The van der Waals surface area contributed by atoms with Crippen LogP contribution in [0.2, 0.25) is 0 Å². The average Bonchev–Trinajstić information content (AvgIpc) is 2.29. The molecular formula is C12H16N2O2. The van der Waals surface area contributed by atoms with Crippen LogP contribution in [0.3, 0.4) is 0 Å². The van der Waals surface area contributed by atoms with E-state index in [1.807, 2.05) is 13.0 Å². The fourth-order valence-electron chi connectivity index (χ4n) is 2.47. The van der Waals surface area contributed by atoms with Crippen LogP contribution in [0, 0.1) is 17.0 Å². The van der Waals surface area contributed by atoms with Crippen LogP contribution in [0.15, 0.2) is 18.2 Å². The Kier molecular flexibility index (Phi) is 3.19. The normalized spacial score (nSPS) is 17.3. The van der Waals surface area contributed by atoms with Crippen molar-refractivity contribution in [3.8, 4) is 0 Å². The molecule has 4 nitrogen and oxygen atoms in total. The highest BCUT2D eigenvalue weighted by Gasteiger charge is 2.25. The van der Waals surface area contributed by atoms with Gasteiger partial charge in [0, 0.05) is 11.6 Å². The summed E-state index contributed by atoms with van der Waals surface area (Å²) in [5.74, 6) is 0.336. The molecule has 0 atom stereocenters. The highest BCUT2D eigenvalue weighted by Crippen LogP contribution is 2.34. The zero-order valence-electron chi connectivity index (χ0n) is 9.40. The molecule has 0 aromatic heterocycles. The highest BCUT2D eigenvalue weighted by molar-refractivity contribution is 5.47. The number of nitro groups is 1. The Morgan fingerprint density at radius 2 is 2.06 bits per heavy atom. The van der Waals surface area contributed by atoms with E-state index < -0.39 is 0 Å². The minimum Gasteiger partial charge on any atom is -0.317 e. The number of piperidine rings is 1. The first-order valence-corrected chi connectivity index (χ1v) is 5.65. The standard InChI is InChI=1S/C12H16N2O2/c1-9-3-2-4-11(14(15)16)12(9)10-5-7-13-8-6-10/h2-4,10,13H,5-8H2,1H3. The maximum Gasteiger partial charge on any atom is 0.273 e. The smallest absolute Gasteiger partial charge is 0.273 e. The number of nitro benzene ring substituents is 1. The van der Waals surface area contributed by atoms with Gasteiger partial charge in [0.05, 0.1) is 4.92 Å². The predicted octanol–water partition coefficient (Wildman–Crippen LogP) is 2.37. The van der Waals surface area contributed by atoms with Crippen LogP contribution in [-0.2, 0) is 0 Å². The Morgan fingerprint density at radius 3 is 2.69 bits per heavy atom. The van der Waals surface area contributed by atoms with Gasteiger partial charge in [-0.25, -0.2) is 0 Å². The molecule has 1 fully saturated rings. The van der Waals surface area contributed by atoms with E-state index in [2.05, 4.69) is 5.32 Å². The summed E-state index contributed by atoms with van der Waals surface area (Å²) in [7, 11) is 0. The van der Waals surface area contributed by atoms with Crippen molar-refractivity contribution in [1.82, 2.24) is 5.32 Å². The molecule has 1 saturated heterocycles. The van der Waals surface area contributed by atoms with Gasteiger partial charge in [-0.2, -0.15) is 0 Å². The molecular weight excluding hydrogens is 204 g/mol. The molecule has 0 spiro atoms. The predicted molar refractivity (Wildman–Crippen MR) is 62.7 cm³/mol. The van der Waals surface area contributed by atoms with Crippen molar-refractivity contribution in [1.29, 1.82) is 0 Å². The number of aryl methyl sites for hydroxylation is 1. The zero-order chi connectivity index (χ0) is 11.5. The summed E-state index contributed by atoms with van der Waals surface area (Å²) in [6, 6.07) is 5.34. The van der Waals surface area contributed by atoms with Gasteiger partial charge in [-0.05, 0) is 44.3 Å². The maximum atomic E-state index is 11.0. The third-order valence-corrected chi connectivity index (χ3v) is 3.25. The molecule has 1 aliphatic rings. The van der Waals surface area contributed by atoms with Crippen molar-refractivity contribution in [3.05, 3.63) is 39.4 Å². The van der Waals surface area contributed by atoms with Crippen LogP contribution >= 0.6 is 0 Å². The van der Waals surface area contributed by atoms with E-state index in [0.717, 1.165) is 37.1 Å². The molecule has 0 amide bonds. The van der Waals surface area contributed by atoms with E-state index in [1.165, 1.54) is 0 Å². The number of benzene rings is 1. The quantitative estimate of drug-likeness (QED) is 0.615. The molecule has 1 aromatic carbocycles. The number of rotatable bonds is 2. The first-order valence-electron chi connectivity index (χ1n) is 5.65. The van der Waals surface area contributed by atoms with E-state index in [1.54, 1.807) is 12.1 Å². The van der Waals surface area contributed by atoms with Crippen LogP contribution in [0.1, 0.15) is 29.9 Å². The summed E-state index contributed by atoms with van der Waals surface area (Å²) in [6.07, 6.45) is 1.98. The molecule has 2 rings (SSSR count). The Hall–Kier alpha value is -1.42. The van der Waals surface area contributed by atoms with Crippen molar-refractivity contribution < 1.29 is 4.92 Å².